The average Bonchev–Trinajstić information content (AvgIpc) is 2.75. The maximum Gasteiger partial charge on any atom is 0.251 e. The van der Waals surface area contributed by atoms with Crippen LogP contribution in [0.3, 0.4) is 0 Å². The molecule has 2 aromatic rings. The SMILES string of the molecule is COCc1cc(C(=O)c2ccc(C)cn2)ccc1C(=O)NC1C2CC3CC1CC(O)(C3)C2. The number of carbonyl (C=O) groups is 2. The Kier molecular flexibility index (Phi) is 5.38. The summed E-state index contributed by atoms with van der Waals surface area (Å²) >= 11 is 0. The van der Waals surface area contributed by atoms with Gasteiger partial charge in [-0.2, -0.15) is 0 Å². The lowest BCUT2D eigenvalue weighted by Gasteiger charge is -2.58. The summed E-state index contributed by atoms with van der Waals surface area (Å²) in [6.07, 6.45) is 6.34. The molecule has 32 heavy (non-hydrogen) atoms. The molecule has 4 fully saturated rings. The van der Waals surface area contributed by atoms with Crippen LogP contribution in [-0.2, 0) is 11.3 Å². The topological polar surface area (TPSA) is 88.5 Å². The van der Waals surface area contributed by atoms with Crippen molar-refractivity contribution in [3.63, 3.8) is 0 Å². The number of aromatic nitrogens is 1. The van der Waals surface area contributed by atoms with Gasteiger partial charge in [0.1, 0.15) is 5.69 Å². The Morgan fingerprint density at radius 3 is 2.53 bits per heavy atom. The van der Waals surface area contributed by atoms with E-state index < -0.39 is 5.60 Å². The van der Waals surface area contributed by atoms with Gasteiger partial charge in [-0.15, -0.1) is 0 Å². The lowest BCUT2D eigenvalue weighted by atomic mass is 9.52. The van der Waals surface area contributed by atoms with E-state index >= 15 is 0 Å². The molecule has 1 amide bonds. The van der Waals surface area contributed by atoms with Gasteiger partial charge in [-0.25, -0.2) is 0 Å². The third-order valence-corrected chi connectivity index (χ3v) is 7.59. The van der Waals surface area contributed by atoms with Crippen molar-refractivity contribution in [2.75, 3.05) is 7.11 Å². The molecule has 1 aromatic heterocycles. The Hall–Kier alpha value is -2.57. The Morgan fingerprint density at radius 2 is 1.91 bits per heavy atom. The van der Waals surface area contributed by atoms with Gasteiger partial charge in [0.25, 0.3) is 5.91 Å². The third kappa shape index (κ3) is 3.86. The fourth-order valence-corrected chi connectivity index (χ4v) is 6.43. The van der Waals surface area contributed by atoms with Gasteiger partial charge in [-0.3, -0.25) is 14.6 Å². The Balaban J connectivity index is 1.36. The molecular weight excluding hydrogens is 404 g/mol. The van der Waals surface area contributed by atoms with E-state index in [9.17, 15) is 14.7 Å². The number of nitrogens with zero attached hydrogens (tertiary/aromatic N) is 1. The molecule has 6 nitrogen and oxygen atoms in total. The van der Waals surface area contributed by atoms with Gasteiger partial charge < -0.3 is 15.2 Å². The molecule has 0 saturated heterocycles. The first kappa shape index (κ1) is 21.3. The number of methoxy groups -OCH3 is 1. The normalized spacial score (nSPS) is 30.3. The van der Waals surface area contributed by atoms with Crippen LogP contribution in [0.1, 0.15) is 69.6 Å². The minimum Gasteiger partial charge on any atom is -0.390 e. The molecule has 2 atom stereocenters. The predicted octanol–water partition coefficient (Wildman–Crippen LogP) is 3.44. The highest BCUT2D eigenvalue weighted by Gasteiger charge is 2.55. The molecular formula is C26H30N2O4. The number of benzene rings is 1. The Morgan fingerprint density at radius 1 is 1.16 bits per heavy atom. The second-order valence-electron chi connectivity index (χ2n) is 10.0. The van der Waals surface area contributed by atoms with Crippen LogP contribution in [0, 0.1) is 24.7 Å². The van der Waals surface area contributed by atoms with Crippen molar-refractivity contribution in [1.29, 1.82) is 0 Å². The third-order valence-electron chi connectivity index (χ3n) is 7.59. The molecule has 2 unspecified atom stereocenters. The van der Waals surface area contributed by atoms with Gasteiger partial charge in [0, 0.05) is 30.5 Å². The van der Waals surface area contributed by atoms with E-state index in [0.29, 0.717) is 40.1 Å². The maximum absolute atomic E-state index is 13.3. The summed E-state index contributed by atoms with van der Waals surface area (Å²) in [5.41, 5.74) is 2.55. The fourth-order valence-electron chi connectivity index (χ4n) is 6.43. The van der Waals surface area contributed by atoms with Crippen molar-refractivity contribution in [2.45, 2.75) is 57.3 Å². The average molecular weight is 435 g/mol. The number of pyridine rings is 1. The standard InChI is InChI=1S/C26H30N2O4/c1-15-3-6-22(27-13-15)24(29)17-4-5-21(20(9-17)14-32-2)25(30)28-23-18-7-16-8-19(23)12-26(31,10-16)11-18/h3-6,9,13,16,18-19,23,31H,7-8,10-12,14H2,1-2H3,(H,28,30). The number of aryl methyl sites for hydroxylation is 1. The van der Waals surface area contributed by atoms with Crippen LogP contribution in [0.2, 0.25) is 0 Å². The zero-order chi connectivity index (χ0) is 22.5. The number of carbonyl (C=O) groups excluding carboxylic acids is 2. The van der Waals surface area contributed by atoms with Gasteiger partial charge in [0.2, 0.25) is 5.78 Å². The molecule has 4 bridgehead atoms. The highest BCUT2D eigenvalue weighted by molar-refractivity contribution is 6.08. The molecule has 1 aromatic carbocycles. The number of amides is 1. The number of hydrogen-bond donors (Lipinski definition) is 2. The van der Waals surface area contributed by atoms with E-state index in [1.54, 1.807) is 37.6 Å². The fraction of sp³-hybridized carbons (Fsp3) is 0.500. The number of hydrogen-bond acceptors (Lipinski definition) is 5. The summed E-state index contributed by atoms with van der Waals surface area (Å²) in [6.45, 7) is 2.17. The van der Waals surface area contributed by atoms with E-state index in [1.165, 1.54) is 0 Å². The molecule has 4 aliphatic rings. The van der Waals surface area contributed by atoms with Crippen LogP contribution in [0.15, 0.2) is 36.5 Å². The summed E-state index contributed by atoms with van der Waals surface area (Å²) < 4.78 is 5.33. The van der Waals surface area contributed by atoms with Crippen molar-refractivity contribution in [1.82, 2.24) is 10.3 Å². The summed E-state index contributed by atoms with van der Waals surface area (Å²) in [6, 6.07) is 8.83. The first-order chi connectivity index (χ1) is 15.3. The zero-order valence-electron chi connectivity index (χ0n) is 18.6. The van der Waals surface area contributed by atoms with E-state index in [1.807, 2.05) is 13.0 Å². The van der Waals surface area contributed by atoms with Crippen molar-refractivity contribution in [2.24, 2.45) is 17.8 Å². The molecule has 1 heterocycles. The van der Waals surface area contributed by atoms with Crippen molar-refractivity contribution in [3.05, 3.63) is 64.5 Å². The summed E-state index contributed by atoms with van der Waals surface area (Å²) in [5.74, 6) is 0.969. The first-order valence-electron chi connectivity index (χ1n) is 11.5. The molecule has 168 valence electrons. The number of ketones is 1. The molecule has 0 radical (unpaired) electrons. The number of aliphatic hydroxyl groups is 1. The van der Waals surface area contributed by atoms with Crippen LogP contribution in [0.25, 0.3) is 0 Å². The highest BCUT2D eigenvalue weighted by Crippen LogP contribution is 2.55. The zero-order valence-corrected chi connectivity index (χ0v) is 18.6. The van der Waals surface area contributed by atoms with Gasteiger partial charge in [0.15, 0.2) is 0 Å². The lowest BCUT2D eigenvalue weighted by molar-refractivity contribution is -0.136. The van der Waals surface area contributed by atoms with Gasteiger partial charge in [-0.05, 0) is 86.1 Å². The van der Waals surface area contributed by atoms with Crippen molar-refractivity contribution >= 4 is 11.7 Å². The first-order valence-corrected chi connectivity index (χ1v) is 11.5. The number of ether oxygens (including phenoxy) is 1. The van der Waals surface area contributed by atoms with Gasteiger partial charge >= 0.3 is 0 Å². The summed E-state index contributed by atoms with van der Waals surface area (Å²) in [7, 11) is 1.58. The molecule has 4 saturated carbocycles. The molecule has 0 aliphatic heterocycles. The monoisotopic (exact) mass is 434 g/mol. The lowest BCUT2D eigenvalue weighted by Crippen LogP contribution is -2.61. The van der Waals surface area contributed by atoms with Crippen LogP contribution >= 0.6 is 0 Å². The number of nitrogens with one attached hydrogen (secondary N) is 1. The van der Waals surface area contributed by atoms with E-state index in [4.69, 9.17) is 4.74 Å². The van der Waals surface area contributed by atoms with Crippen LogP contribution in [-0.4, -0.2) is 40.5 Å². The largest absolute Gasteiger partial charge is 0.390 e. The molecule has 4 aliphatic carbocycles. The highest BCUT2D eigenvalue weighted by atomic mass is 16.5. The molecule has 6 heteroatoms. The van der Waals surface area contributed by atoms with Crippen LogP contribution in [0.5, 0.6) is 0 Å². The molecule has 0 spiro atoms. The second kappa shape index (κ2) is 8.09. The van der Waals surface area contributed by atoms with Crippen LogP contribution in [0.4, 0.5) is 0 Å². The van der Waals surface area contributed by atoms with Crippen molar-refractivity contribution in [3.8, 4) is 0 Å². The summed E-state index contributed by atoms with van der Waals surface area (Å²) in [4.78, 5) is 30.4. The second-order valence-corrected chi connectivity index (χ2v) is 10.0. The number of rotatable bonds is 6. The van der Waals surface area contributed by atoms with Gasteiger partial charge in [0.05, 0.1) is 12.2 Å². The quantitative estimate of drug-likeness (QED) is 0.680. The van der Waals surface area contributed by atoms with Crippen LogP contribution < -0.4 is 5.32 Å². The molecule has 2 N–H and O–H groups in total. The Bertz CT molecular complexity index is 1030. The van der Waals surface area contributed by atoms with Gasteiger partial charge in [-0.1, -0.05) is 12.1 Å². The smallest absolute Gasteiger partial charge is 0.251 e. The maximum atomic E-state index is 13.3. The summed E-state index contributed by atoms with van der Waals surface area (Å²) in [5, 5.41) is 14.1. The van der Waals surface area contributed by atoms with E-state index in [2.05, 4.69) is 10.3 Å². The Labute approximate surface area is 188 Å². The van der Waals surface area contributed by atoms with E-state index in [0.717, 1.165) is 37.7 Å². The van der Waals surface area contributed by atoms with Crippen molar-refractivity contribution < 1.29 is 19.4 Å². The van der Waals surface area contributed by atoms with E-state index in [-0.39, 0.29) is 24.3 Å². The molecule has 6 rings (SSSR count). The minimum atomic E-state index is -0.523. The minimum absolute atomic E-state index is 0.104. The predicted molar refractivity (Wildman–Crippen MR) is 119 cm³/mol.